The van der Waals surface area contributed by atoms with Crippen molar-refractivity contribution in [3.05, 3.63) is 12.7 Å². The second kappa shape index (κ2) is 6.58. The Bertz CT molecular complexity index is 219. The van der Waals surface area contributed by atoms with E-state index in [2.05, 4.69) is 16.8 Å². The number of carboxylic acids is 1. The standard InChI is InChI=1S/C11H20N2O2/c1-2-5-13-6-3-4-10(9-13)7-12-8-11(14)15/h2,10,12H,1,3-9H2,(H,14,15). The van der Waals surface area contributed by atoms with Crippen molar-refractivity contribution >= 4 is 5.97 Å². The van der Waals surface area contributed by atoms with Gasteiger partial charge in [0.1, 0.15) is 0 Å². The highest BCUT2D eigenvalue weighted by atomic mass is 16.4. The molecule has 0 amide bonds. The summed E-state index contributed by atoms with van der Waals surface area (Å²) in [6.45, 7) is 7.74. The topological polar surface area (TPSA) is 52.6 Å². The van der Waals surface area contributed by atoms with E-state index in [1.807, 2.05) is 6.08 Å². The molecule has 0 saturated carbocycles. The lowest BCUT2D eigenvalue weighted by atomic mass is 9.98. The normalized spacial score (nSPS) is 22.5. The van der Waals surface area contributed by atoms with Gasteiger partial charge < -0.3 is 10.4 Å². The molecular weight excluding hydrogens is 192 g/mol. The maximum atomic E-state index is 10.3. The van der Waals surface area contributed by atoms with Crippen molar-refractivity contribution in [2.45, 2.75) is 12.8 Å². The van der Waals surface area contributed by atoms with E-state index in [1.165, 1.54) is 12.8 Å². The smallest absolute Gasteiger partial charge is 0.317 e. The van der Waals surface area contributed by atoms with Gasteiger partial charge in [0.15, 0.2) is 0 Å². The van der Waals surface area contributed by atoms with Crippen LogP contribution in [0.3, 0.4) is 0 Å². The van der Waals surface area contributed by atoms with Crippen LogP contribution in [0.1, 0.15) is 12.8 Å². The molecule has 4 heteroatoms. The van der Waals surface area contributed by atoms with E-state index in [9.17, 15) is 4.79 Å². The molecule has 1 saturated heterocycles. The number of likely N-dealkylation sites (tertiary alicyclic amines) is 1. The van der Waals surface area contributed by atoms with Crippen molar-refractivity contribution in [1.82, 2.24) is 10.2 Å². The van der Waals surface area contributed by atoms with Crippen LogP contribution >= 0.6 is 0 Å². The summed E-state index contributed by atoms with van der Waals surface area (Å²) >= 11 is 0. The first kappa shape index (κ1) is 12.2. The lowest BCUT2D eigenvalue weighted by Gasteiger charge is -2.31. The van der Waals surface area contributed by atoms with Crippen molar-refractivity contribution in [2.75, 3.05) is 32.7 Å². The predicted octanol–water partition coefficient (Wildman–Crippen LogP) is 0.559. The minimum atomic E-state index is -0.784. The second-order valence-electron chi connectivity index (χ2n) is 4.08. The first-order valence-corrected chi connectivity index (χ1v) is 5.48. The summed E-state index contributed by atoms with van der Waals surface area (Å²) in [5.74, 6) is -0.202. The molecule has 1 unspecified atom stereocenters. The molecule has 1 atom stereocenters. The number of nitrogens with zero attached hydrogens (tertiary/aromatic N) is 1. The first-order valence-electron chi connectivity index (χ1n) is 5.48. The fourth-order valence-electron chi connectivity index (χ4n) is 2.05. The largest absolute Gasteiger partial charge is 0.480 e. The van der Waals surface area contributed by atoms with Crippen molar-refractivity contribution in [3.63, 3.8) is 0 Å². The second-order valence-corrected chi connectivity index (χ2v) is 4.08. The van der Waals surface area contributed by atoms with E-state index in [0.717, 1.165) is 26.2 Å². The Labute approximate surface area is 91.0 Å². The molecule has 0 spiro atoms. The van der Waals surface area contributed by atoms with E-state index >= 15 is 0 Å². The zero-order valence-electron chi connectivity index (χ0n) is 9.11. The fraction of sp³-hybridized carbons (Fsp3) is 0.727. The van der Waals surface area contributed by atoms with E-state index in [-0.39, 0.29) is 6.54 Å². The molecule has 1 heterocycles. The average Bonchev–Trinajstić information content (AvgIpc) is 2.18. The molecule has 0 bridgehead atoms. The van der Waals surface area contributed by atoms with Crippen molar-refractivity contribution in [2.24, 2.45) is 5.92 Å². The predicted molar refractivity (Wildman–Crippen MR) is 59.9 cm³/mol. The molecule has 1 rings (SSSR count). The Morgan fingerprint density at radius 1 is 1.67 bits per heavy atom. The molecule has 0 radical (unpaired) electrons. The van der Waals surface area contributed by atoms with Crippen molar-refractivity contribution in [1.29, 1.82) is 0 Å². The van der Waals surface area contributed by atoms with Crippen LogP contribution in [0.5, 0.6) is 0 Å². The highest BCUT2D eigenvalue weighted by Crippen LogP contribution is 2.15. The zero-order chi connectivity index (χ0) is 11.1. The zero-order valence-corrected chi connectivity index (χ0v) is 9.11. The number of rotatable bonds is 6. The molecule has 4 nitrogen and oxygen atoms in total. The van der Waals surface area contributed by atoms with Gasteiger partial charge in [0.2, 0.25) is 0 Å². The van der Waals surface area contributed by atoms with Crippen LogP contribution in [0.4, 0.5) is 0 Å². The van der Waals surface area contributed by atoms with Crippen LogP contribution in [0.2, 0.25) is 0 Å². The van der Waals surface area contributed by atoms with Gasteiger partial charge in [0, 0.05) is 13.1 Å². The van der Waals surface area contributed by atoms with Gasteiger partial charge in [-0.25, -0.2) is 0 Å². The number of nitrogens with one attached hydrogen (secondary N) is 1. The van der Waals surface area contributed by atoms with Gasteiger partial charge in [0.05, 0.1) is 6.54 Å². The molecule has 0 aromatic heterocycles. The lowest BCUT2D eigenvalue weighted by molar-refractivity contribution is -0.136. The molecule has 1 aliphatic heterocycles. The summed E-state index contributed by atoms with van der Waals surface area (Å²) in [7, 11) is 0. The number of carbonyl (C=O) groups is 1. The van der Waals surface area contributed by atoms with E-state index in [1.54, 1.807) is 0 Å². The van der Waals surface area contributed by atoms with Crippen molar-refractivity contribution < 1.29 is 9.90 Å². The molecular formula is C11H20N2O2. The summed E-state index contributed by atoms with van der Waals surface area (Å²) < 4.78 is 0. The minimum absolute atomic E-state index is 0.0674. The Kier molecular flexibility index (Phi) is 5.36. The van der Waals surface area contributed by atoms with Gasteiger partial charge in [-0.3, -0.25) is 9.69 Å². The van der Waals surface area contributed by atoms with Crippen LogP contribution < -0.4 is 5.32 Å². The monoisotopic (exact) mass is 212 g/mol. The number of hydrogen-bond acceptors (Lipinski definition) is 3. The van der Waals surface area contributed by atoms with Gasteiger partial charge in [-0.15, -0.1) is 6.58 Å². The third-order valence-electron chi connectivity index (χ3n) is 2.70. The Morgan fingerprint density at radius 2 is 2.47 bits per heavy atom. The lowest BCUT2D eigenvalue weighted by Crippen LogP contribution is -2.40. The number of carboxylic acid groups (broad SMARTS) is 1. The van der Waals surface area contributed by atoms with Gasteiger partial charge in [-0.05, 0) is 31.8 Å². The highest BCUT2D eigenvalue weighted by Gasteiger charge is 2.18. The van der Waals surface area contributed by atoms with Gasteiger partial charge >= 0.3 is 5.97 Å². The maximum Gasteiger partial charge on any atom is 0.317 e. The summed E-state index contributed by atoms with van der Waals surface area (Å²) in [6.07, 6.45) is 4.32. The number of aliphatic carboxylic acids is 1. The molecule has 1 aliphatic rings. The van der Waals surface area contributed by atoms with Crippen molar-refractivity contribution in [3.8, 4) is 0 Å². The third-order valence-corrected chi connectivity index (χ3v) is 2.70. The molecule has 0 aliphatic carbocycles. The van der Waals surface area contributed by atoms with E-state index in [4.69, 9.17) is 5.11 Å². The van der Waals surface area contributed by atoms with E-state index in [0.29, 0.717) is 5.92 Å². The molecule has 0 aromatic rings. The summed E-state index contributed by atoms with van der Waals surface area (Å²) in [6, 6.07) is 0. The number of hydrogen-bond donors (Lipinski definition) is 2. The minimum Gasteiger partial charge on any atom is -0.480 e. The SMILES string of the molecule is C=CCN1CCCC(CNCC(=O)O)C1. The van der Waals surface area contributed by atoms with Crippen LogP contribution in [-0.2, 0) is 4.79 Å². The summed E-state index contributed by atoms with van der Waals surface area (Å²) in [5.41, 5.74) is 0. The molecule has 0 aromatic carbocycles. The molecule has 2 N–H and O–H groups in total. The fourth-order valence-corrected chi connectivity index (χ4v) is 2.05. The molecule has 15 heavy (non-hydrogen) atoms. The van der Waals surface area contributed by atoms with Crippen LogP contribution in [0.15, 0.2) is 12.7 Å². The van der Waals surface area contributed by atoms with Crippen LogP contribution in [0.25, 0.3) is 0 Å². The maximum absolute atomic E-state index is 10.3. The van der Waals surface area contributed by atoms with Crippen LogP contribution in [-0.4, -0.2) is 48.7 Å². The molecule has 1 fully saturated rings. The van der Waals surface area contributed by atoms with Gasteiger partial charge in [-0.2, -0.15) is 0 Å². The Morgan fingerprint density at radius 3 is 3.13 bits per heavy atom. The van der Waals surface area contributed by atoms with Crippen LogP contribution in [0, 0.1) is 5.92 Å². The average molecular weight is 212 g/mol. The third kappa shape index (κ3) is 4.95. The van der Waals surface area contributed by atoms with Gasteiger partial charge in [0.25, 0.3) is 0 Å². The summed E-state index contributed by atoms with van der Waals surface area (Å²) in [5, 5.41) is 11.5. The first-order chi connectivity index (χ1) is 7.22. The summed E-state index contributed by atoms with van der Waals surface area (Å²) in [4.78, 5) is 12.7. The quantitative estimate of drug-likeness (QED) is 0.632. The Balaban J connectivity index is 2.18. The van der Waals surface area contributed by atoms with E-state index < -0.39 is 5.97 Å². The van der Waals surface area contributed by atoms with Gasteiger partial charge in [-0.1, -0.05) is 6.08 Å². The number of piperidine rings is 1. The Hall–Kier alpha value is -0.870. The highest BCUT2D eigenvalue weighted by molar-refractivity contribution is 5.68. The molecule has 86 valence electrons.